The molecule has 0 aliphatic heterocycles. The average molecular weight is 268 g/mol. The van der Waals surface area contributed by atoms with Gasteiger partial charge in [0.25, 0.3) is 0 Å². The smallest absolute Gasteiger partial charge is 0.220 e. The Hall–Kier alpha value is -0.900. The van der Waals surface area contributed by atoms with Crippen LogP contribution in [0.25, 0.3) is 0 Å². The van der Waals surface area contributed by atoms with Crippen molar-refractivity contribution in [3.63, 3.8) is 0 Å². The molecule has 0 saturated carbocycles. The van der Waals surface area contributed by atoms with E-state index in [-0.39, 0.29) is 5.91 Å². The molecule has 0 aromatic carbocycles. The number of aryl methyl sites for hydroxylation is 1. The standard InChI is InChI=1S/C14H24N2OS/c1-10(2)7-8-15-13(17)5-6-14-16-12(9-18-14)11(3)4/h9-11H,5-8H2,1-4H3,(H,15,17). The van der Waals surface area contributed by atoms with Gasteiger partial charge >= 0.3 is 0 Å². The van der Waals surface area contributed by atoms with Gasteiger partial charge in [-0.05, 0) is 18.3 Å². The minimum atomic E-state index is 0.136. The molecule has 1 aromatic heterocycles. The van der Waals surface area contributed by atoms with Gasteiger partial charge in [0.05, 0.1) is 10.7 Å². The Kier molecular flexibility index (Phi) is 6.33. The maximum atomic E-state index is 11.6. The Morgan fingerprint density at radius 3 is 2.67 bits per heavy atom. The highest BCUT2D eigenvalue weighted by atomic mass is 32.1. The van der Waals surface area contributed by atoms with E-state index < -0.39 is 0 Å². The summed E-state index contributed by atoms with van der Waals surface area (Å²) in [5.74, 6) is 1.24. The van der Waals surface area contributed by atoms with E-state index >= 15 is 0 Å². The Morgan fingerprint density at radius 1 is 1.39 bits per heavy atom. The minimum Gasteiger partial charge on any atom is -0.356 e. The third-order valence-corrected chi connectivity index (χ3v) is 3.70. The number of carbonyl (C=O) groups excluding carboxylic acids is 1. The number of hydrogen-bond donors (Lipinski definition) is 1. The summed E-state index contributed by atoms with van der Waals surface area (Å²) in [5.41, 5.74) is 1.13. The lowest BCUT2D eigenvalue weighted by atomic mass is 10.1. The summed E-state index contributed by atoms with van der Waals surface area (Å²) in [6.45, 7) is 9.38. The number of aromatic nitrogens is 1. The van der Waals surface area contributed by atoms with E-state index in [1.54, 1.807) is 11.3 Å². The molecule has 0 unspecified atom stereocenters. The van der Waals surface area contributed by atoms with Gasteiger partial charge in [-0.1, -0.05) is 27.7 Å². The monoisotopic (exact) mass is 268 g/mol. The van der Waals surface area contributed by atoms with Gasteiger partial charge in [-0.25, -0.2) is 4.98 Å². The van der Waals surface area contributed by atoms with E-state index in [1.165, 1.54) is 0 Å². The van der Waals surface area contributed by atoms with Crippen LogP contribution in [0.2, 0.25) is 0 Å². The summed E-state index contributed by atoms with van der Waals surface area (Å²) in [7, 11) is 0. The van der Waals surface area contributed by atoms with Gasteiger partial charge in [-0.2, -0.15) is 0 Å². The van der Waals surface area contributed by atoms with E-state index in [0.717, 1.165) is 30.1 Å². The molecule has 1 rings (SSSR count). The zero-order valence-electron chi connectivity index (χ0n) is 11.8. The number of amides is 1. The number of thiazole rings is 1. The van der Waals surface area contributed by atoms with Gasteiger partial charge in [0.1, 0.15) is 0 Å². The van der Waals surface area contributed by atoms with Crippen molar-refractivity contribution in [3.8, 4) is 0 Å². The summed E-state index contributed by atoms with van der Waals surface area (Å²) >= 11 is 1.66. The first-order valence-corrected chi connectivity index (χ1v) is 7.58. The third kappa shape index (κ3) is 5.63. The molecule has 3 nitrogen and oxygen atoms in total. The third-order valence-electron chi connectivity index (χ3n) is 2.77. The Bertz CT molecular complexity index is 372. The molecule has 0 aliphatic carbocycles. The molecule has 18 heavy (non-hydrogen) atoms. The fraction of sp³-hybridized carbons (Fsp3) is 0.714. The molecule has 1 aromatic rings. The highest BCUT2D eigenvalue weighted by Crippen LogP contribution is 2.18. The lowest BCUT2D eigenvalue weighted by Crippen LogP contribution is -2.25. The summed E-state index contributed by atoms with van der Waals surface area (Å²) in [4.78, 5) is 16.1. The van der Waals surface area contributed by atoms with E-state index in [2.05, 4.69) is 43.4 Å². The first-order chi connectivity index (χ1) is 8.49. The molecule has 0 spiro atoms. The van der Waals surface area contributed by atoms with Crippen LogP contribution in [0.1, 0.15) is 57.2 Å². The van der Waals surface area contributed by atoms with Crippen molar-refractivity contribution in [1.29, 1.82) is 0 Å². The zero-order chi connectivity index (χ0) is 13.5. The van der Waals surface area contributed by atoms with Gasteiger partial charge < -0.3 is 5.32 Å². The second-order valence-corrected chi connectivity index (χ2v) is 6.30. The molecule has 0 bridgehead atoms. The SMILES string of the molecule is CC(C)CCNC(=O)CCc1nc(C(C)C)cs1. The van der Waals surface area contributed by atoms with Crippen LogP contribution in [-0.2, 0) is 11.2 Å². The quantitative estimate of drug-likeness (QED) is 0.824. The van der Waals surface area contributed by atoms with Crippen molar-refractivity contribution in [1.82, 2.24) is 10.3 Å². The van der Waals surface area contributed by atoms with Crippen molar-refractivity contribution < 1.29 is 4.79 Å². The molecular weight excluding hydrogens is 244 g/mol. The first-order valence-electron chi connectivity index (χ1n) is 6.70. The maximum absolute atomic E-state index is 11.6. The van der Waals surface area contributed by atoms with Crippen LogP contribution in [0.3, 0.4) is 0 Å². The Balaban J connectivity index is 2.25. The molecule has 1 amide bonds. The number of hydrogen-bond acceptors (Lipinski definition) is 3. The van der Waals surface area contributed by atoms with Crippen LogP contribution < -0.4 is 5.32 Å². The van der Waals surface area contributed by atoms with E-state index in [0.29, 0.717) is 18.3 Å². The number of nitrogens with one attached hydrogen (secondary N) is 1. The molecular formula is C14H24N2OS. The second kappa shape index (κ2) is 7.52. The minimum absolute atomic E-state index is 0.136. The van der Waals surface area contributed by atoms with Crippen LogP contribution in [-0.4, -0.2) is 17.4 Å². The largest absolute Gasteiger partial charge is 0.356 e. The molecule has 1 N–H and O–H groups in total. The predicted octanol–water partition coefficient (Wildman–Crippen LogP) is 3.36. The van der Waals surface area contributed by atoms with Crippen LogP contribution in [0.5, 0.6) is 0 Å². The highest BCUT2D eigenvalue weighted by Gasteiger charge is 2.08. The van der Waals surface area contributed by atoms with Crippen LogP contribution in [0.15, 0.2) is 5.38 Å². The zero-order valence-corrected chi connectivity index (χ0v) is 12.6. The van der Waals surface area contributed by atoms with Crippen molar-refractivity contribution in [2.45, 2.75) is 52.9 Å². The average Bonchev–Trinajstić information content (AvgIpc) is 2.74. The maximum Gasteiger partial charge on any atom is 0.220 e. The topological polar surface area (TPSA) is 42.0 Å². The van der Waals surface area contributed by atoms with Gasteiger partial charge in [-0.3, -0.25) is 4.79 Å². The lowest BCUT2D eigenvalue weighted by Gasteiger charge is -2.06. The van der Waals surface area contributed by atoms with Crippen molar-refractivity contribution in [3.05, 3.63) is 16.1 Å². The van der Waals surface area contributed by atoms with Gasteiger partial charge in [0.15, 0.2) is 0 Å². The van der Waals surface area contributed by atoms with Gasteiger partial charge in [0, 0.05) is 24.8 Å². The lowest BCUT2D eigenvalue weighted by molar-refractivity contribution is -0.121. The van der Waals surface area contributed by atoms with Crippen LogP contribution >= 0.6 is 11.3 Å². The van der Waals surface area contributed by atoms with Crippen LogP contribution in [0.4, 0.5) is 0 Å². The van der Waals surface area contributed by atoms with Crippen molar-refractivity contribution in [2.75, 3.05) is 6.54 Å². The number of rotatable bonds is 7. The molecule has 0 saturated heterocycles. The fourth-order valence-electron chi connectivity index (χ4n) is 1.51. The normalized spacial score (nSPS) is 11.2. The molecule has 0 atom stereocenters. The molecule has 102 valence electrons. The Labute approximate surface area is 114 Å². The van der Waals surface area contributed by atoms with Gasteiger partial charge in [0.2, 0.25) is 5.91 Å². The molecule has 4 heteroatoms. The summed E-state index contributed by atoms with van der Waals surface area (Å²) in [5, 5.41) is 6.11. The Morgan fingerprint density at radius 2 is 2.11 bits per heavy atom. The second-order valence-electron chi connectivity index (χ2n) is 5.35. The summed E-state index contributed by atoms with van der Waals surface area (Å²) in [6, 6.07) is 0. The van der Waals surface area contributed by atoms with E-state index in [9.17, 15) is 4.79 Å². The molecule has 0 fully saturated rings. The molecule has 1 heterocycles. The van der Waals surface area contributed by atoms with Crippen LogP contribution in [0, 0.1) is 5.92 Å². The highest BCUT2D eigenvalue weighted by molar-refractivity contribution is 7.09. The van der Waals surface area contributed by atoms with E-state index in [4.69, 9.17) is 0 Å². The van der Waals surface area contributed by atoms with E-state index in [1.807, 2.05) is 0 Å². The number of carbonyl (C=O) groups is 1. The van der Waals surface area contributed by atoms with Gasteiger partial charge in [-0.15, -0.1) is 11.3 Å². The fourth-order valence-corrected chi connectivity index (χ4v) is 2.47. The van der Waals surface area contributed by atoms with Crippen molar-refractivity contribution in [2.24, 2.45) is 5.92 Å². The number of nitrogens with zero attached hydrogens (tertiary/aromatic N) is 1. The first kappa shape index (κ1) is 15.2. The summed E-state index contributed by atoms with van der Waals surface area (Å²) in [6.07, 6.45) is 2.34. The molecule has 0 aliphatic rings. The summed E-state index contributed by atoms with van der Waals surface area (Å²) < 4.78 is 0. The molecule has 0 radical (unpaired) electrons. The predicted molar refractivity (Wildman–Crippen MR) is 77.0 cm³/mol. The van der Waals surface area contributed by atoms with Crippen molar-refractivity contribution >= 4 is 17.2 Å².